The number of nitrogens with zero attached hydrogens (tertiary/aromatic N) is 4. The fraction of sp³-hybridized carbons (Fsp3) is 0.500. The standard InChI is InChI=1S/C18H24FN5O2/c1-4-24-7-5-6-12(10-24)21-18-20-11(2)17(22-23-18)16-14(19)8-13(26-3)9-15(16)25/h8-9,12,25H,4-7,10H2,1-3H3,(H,20,21,23)/t12-/m1/s1. The Labute approximate surface area is 152 Å². The number of hydrogen-bond acceptors (Lipinski definition) is 7. The van der Waals surface area contributed by atoms with E-state index in [4.69, 9.17) is 4.74 Å². The van der Waals surface area contributed by atoms with Crippen molar-refractivity contribution in [3.63, 3.8) is 0 Å². The van der Waals surface area contributed by atoms with Gasteiger partial charge in [-0.05, 0) is 32.9 Å². The van der Waals surface area contributed by atoms with Gasteiger partial charge in [-0.2, -0.15) is 0 Å². The zero-order chi connectivity index (χ0) is 18.7. The summed E-state index contributed by atoms with van der Waals surface area (Å²) in [4.78, 5) is 6.78. The maximum atomic E-state index is 14.4. The van der Waals surface area contributed by atoms with Gasteiger partial charge in [-0.15, -0.1) is 10.2 Å². The first kappa shape index (κ1) is 18.3. The topological polar surface area (TPSA) is 83.4 Å². The Morgan fingerprint density at radius 3 is 2.85 bits per heavy atom. The third kappa shape index (κ3) is 3.85. The fourth-order valence-electron chi connectivity index (χ4n) is 3.26. The van der Waals surface area contributed by atoms with Gasteiger partial charge in [-0.3, -0.25) is 0 Å². The number of nitrogens with one attached hydrogen (secondary N) is 1. The monoisotopic (exact) mass is 361 g/mol. The molecule has 1 aromatic carbocycles. The number of aromatic hydroxyl groups is 1. The quantitative estimate of drug-likeness (QED) is 0.847. The van der Waals surface area contributed by atoms with Crippen LogP contribution in [0.5, 0.6) is 11.5 Å². The summed E-state index contributed by atoms with van der Waals surface area (Å²) in [6, 6.07) is 2.80. The van der Waals surface area contributed by atoms with Crippen molar-refractivity contribution in [2.24, 2.45) is 0 Å². The number of piperidine rings is 1. The molecule has 26 heavy (non-hydrogen) atoms. The molecule has 8 heteroatoms. The van der Waals surface area contributed by atoms with Crippen molar-refractivity contribution in [2.75, 3.05) is 32.1 Å². The second-order valence-electron chi connectivity index (χ2n) is 6.45. The van der Waals surface area contributed by atoms with Crippen molar-refractivity contribution in [3.8, 4) is 22.8 Å². The number of likely N-dealkylation sites (N-methyl/N-ethyl adjacent to an activating group) is 1. The number of ether oxygens (including phenoxy) is 1. The van der Waals surface area contributed by atoms with Gasteiger partial charge in [0, 0.05) is 24.7 Å². The Morgan fingerprint density at radius 2 is 2.19 bits per heavy atom. The maximum Gasteiger partial charge on any atom is 0.243 e. The Hall–Kier alpha value is -2.48. The summed E-state index contributed by atoms with van der Waals surface area (Å²) in [5.41, 5.74) is 0.682. The molecule has 2 aromatic rings. The van der Waals surface area contributed by atoms with Crippen LogP contribution in [-0.4, -0.2) is 58.0 Å². The van der Waals surface area contributed by atoms with Crippen LogP contribution in [0.4, 0.5) is 10.3 Å². The summed E-state index contributed by atoms with van der Waals surface area (Å²) < 4.78 is 19.3. The summed E-state index contributed by atoms with van der Waals surface area (Å²) in [5, 5.41) is 21.6. The first-order valence-electron chi connectivity index (χ1n) is 8.79. The van der Waals surface area contributed by atoms with Crippen molar-refractivity contribution in [2.45, 2.75) is 32.7 Å². The smallest absolute Gasteiger partial charge is 0.243 e. The Kier molecular flexibility index (Phi) is 5.51. The molecule has 2 N–H and O–H groups in total. The average molecular weight is 361 g/mol. The second kappa shape index (κ2) is 7.82. The molecule has 0 radical (unpaired) electrons. The first-order chi connectivity index (χ1) is 12.5. The SMILES string of the molecule is CCN1CCC[C@@H](Nc2nnc(-c3c(O)cc(OC)cc3F)c(C)n2)C1. The molecular weight excluding hydrogens is 337 g/mol. The van der Waals surface area contributed by atoms with E-state index in [-0.39, 0.29) is 28.8 Å². The van der Waals surface area contributed by atoms with E-state index < -0.39 is 5.82 Å². The predicted octanol–water partition coefficient (Wildman–Crippen LogP) is 2.60. The molecule has 0 amide bonds. The molecule has 1 aromatic heterocycles. The number of aromatic nitrogens is 3. The molecule has 0 unspecified atom stereocenters. The van der Waals surface area contributed by atoms with Gasteiger partial charge < -0.3 is 20.1 Å². The van der Waals surface area contributed by atoms with Crippen LogP contribution >= 0.6 is 0 Å². The highest BCUT2D eigenvalue weighted by Gasteiger charge is 2.21. The van der Waals surface area contributed by atoms with Gasteiger partial charge in [0.25, 0.3) is 0 Å². The van der Waals surface area contributed by atoms with Crippen LogP contribution in [0.3, 0.4) is 0 Å². The molecular formula is C18H24FN5O2. The number of hydrogen-bond donors (Lipinski definition) is 2. The van der Waals surface area contributed by atoms with Gasteiger partial charge in [0.05, 0.1) is 18.4 Å². The summed E-state index contributed by atoms with van der Waals surface area (Å²) in [5.74, 6) is -0.235. The molecule has 1 atom stereocenters. The minimum Gasteiger partial charge on any atom is -0.507 e. The highest BCUT2D eigenvalue weighted by molar-refractivity contribution is 5.70. The molecule has 0 saturated carbocycles. The van der Waals surface area contributed by atoms with Crippen LogP contribution in [0, 0.1) is 12.7 Å². The van der Waals surface area contributed by atoms with Crippen molar-refractivity contribution in [1.82, 2.24) is 20.1 Å². The van der Waals surface area contributed by atoms with E-state index in [9.17, 15) is 9.50 Å². The highest BCUT2D eigenvalue weighted by Crippen LogP contribution is 2.35. The lowest BCUT2D eigenvalue weighted by atomic mass is 10.1. The Bertz CT molecular complexity index is 763. The summed E-state index contributed by atoms with van der Waals surface area (Å²) in [6.07, 6.45) is 2.18. The molecule has 2 heterocycles. The lowest BCUT2D eigenvalue weighted by Gasteiger charge is -2.32. The Balaban J connectivity index is 1.82. The van der Waals surface area contributed by atoms with E-state index >= 15 is 0 Å². The average Bonchev–Trinajstić information content (AvgIpc) is 2.63. The Morgan fingerprint density at radius 1 is 1.38 bits per heavy atom. The van der Waals surface area contributed by atoms with Gasteiger partial charge in [0.15, 0.2) is 0 Å². The van der Waals surface area contributed by atoms with Crippen LogP contribution in [0.2, 0.25) is 0 Å². The van der Waals surface area contributed by atoms with E-state index in [1.54, 1.807) is 6.92 Å². The highest BCUT2D eigenvalue weighted by atomic mass is 19.1. The van der Waals surface area contributed by atoms with Crippen molar-refractivity contribution >= 4 is 5.95 Å². The normalized spacial score (nSPS) is 17.9. The molecule has 1 saturated heterocycles. The summed E-state index contributed by atoms with van der Waals surface area (Å²) >= 11 is 0. The third-order valence-electron chi connectivity index (χ3n) is 4.66. The fourth-order valence-corrected chi connectivity index (χ4v) is 3.26. The molecule has 1 aliphatic rings. The molecule has 1 aliphatic heterocycles. The molecule has 0 spiro atoms. The van der Waals surface area contributed by atoms with Crippen LogP contribution in [-0.2, 0) is 0 Å². The minimum absolute atomic E-state index is 0.0234. The van der Waals surface area contributed by atoms with Crippen LogP contribution in [0.1, 0.15) is 25.5 Å². The molecule has 0 aliphatic carbocycles. The lowest BCUT2D eigenvalue weighted by Crippen LogP contribution is -2.42. The lowest BCUT2D eigenvalue weighted by molar-refractivity contribution is 0.226. The van der Waals surface area contributed by atoms with Crippen molar-refractivity contribution < 1.29 is 14.2 Å². The number of aryl methyl sites for hydroxylation is 1. The number of anilines is 1. The number of phenols is 1. The number of likely N-dealkylation sites (tertiary alicyclic amines) is 1. The van der Waals surface area contributed by atoms with Gasteiger partial charge >= 0.3 is 0 Å². The molecule has 140 valence electrons. The zero-order valence-electron chi connectivity index (χ0n) is 15.3. The number of rotatable bonds is 5. The van der Waals surface area contributed by atoms with Gasteiger partial charge in [0.1, 0.15) is 23.0 Å². The second-order valence-corrected chi connectivity index (χ2v) is 6.45. The number of benzene rings is 1. The number of methoxy groups -OCH3 is 1. The van der Waals surface area contributed by atoms with Crippen molar-refractivity contribution in [1.29, 1.82) is 0 Å². The van der Waals surface area contributed by atoms with E-state index in [0.29, 0.717) is 11.6 Å². The first-order valence-corrected chi connectivity index (χ1v) is 8.79. The van der Waals surface area contributed by atoms with E-state index in [2.05, 4.69) is 32.3 Å². The number of phenolic OH excluding ortho intramolecular Hbond substituents is 1. The molecule has 7 nitrogen and oxygen atoms in total. The van der Waals surface area contributed by atoms with Crippen LogP contribution in [0.15, 0.2) is 12.1 Å². The van der Waals surface area contributed by atoms with E-state index in [1.165, 1.54) is 19.2 Å². The molecule has 3 rings (SSSR count). The van der Waals surface area contributed by atoms with E-state index in [0.717, 1.165) is 32.5 Å². The minimum atomic E-state index is -0.632. The molecule has 1 fully saturated rings. The maximum absolute atomic E-state index is 14.4. The van der Waals surface area contributed by atoms with E-state index in [1.807, 2.05) is 0 Å². The van der Waals surface area contributed by atoms with Crippen LogP contribution in [0.25, 0.3) is 11.3 Å². The van der Waals surface area contributed by atoms with Crippen molar-refractivity contribution in [3.05, 3.63) is 23.6 Å². The van der Waals surface area contributed by atoms with Gasteiger partial charge in [0.2, 0.25) is 5.95 Å². The largest absolute Gasteiger partial charge is 0.507 e. The predicted molar refractivity (Wildman–Crippen MR) is 96.9 cm³/mol. The zero-order valence-corrected chi connectivity index (χ0v) is 15.3. The number of halogens is 1. The summed E-state index contributed by atoms with van der Waals surface area (Å²) in [6.45, 7) is 6.94. The third-order valence-corrected chi connectivity index (χ3v) is 4.66. The summed E-state index contributed by atoms with van der Waals surface area (Å²) in [7, 11) is 1.41. The van der Waals surface area contributed by atoms with Gasteiger partial charge in [-0.1, -0.05) is 6.92 Å². The van der Waals surface area contributed by atoms with Gasteiger partial charge in [-0.25, -0.2) is 9.37 Å². The molecule has 0 bridgehead atoms. The van der Waals surface area contributed by atoms with Crippen LogP contribution < -0.4 is 10.1 Å².